The van der Waals surface area contributed by atoms with E-state index in [4.69, 9.17) is 0 Å². The van der Waals surface area contributed by atoms with Crippen molar-refractivity contribution in [2.45, 2.75) is 12.2 Å². The number of likely N-dealkylation sites (tertiary alicyclic amines) is 1. The number of halogens is 3. The highest BCUT2D eigenvalue weighted by atomic mass is 32.1. The Labute approximate surface area is 197 Å². The molecule has 4 heterocycles. The summed E-state index contributed by atoms with van der Waals surface area (Å²) in [6.45, 7) is 3.06. The van der Waals surface area contributed by atoms with Gasteiger partial charge in [0.2, 0.25) is 0 Å². The first-order chi connectivity index (χ1) is 16.3. The van der Waals surface area contributed by atoms with Crippen LogP contribution in [0, 0.1) is 0 Å². The molecule has 178 valence electrons. The van der Waals surface area contributed by atoms with Crippen LogP contribution in [0.2, 0.25) is 0 Å². The number of piperazine rings is 1. The average molecular weight is 491 g/mol. The highest BCUT2D eigenvalue weighted by Gasteiger charge is 2.44. The van der Waals surface area contributed by atoms with Crippen LogP contribution in [0.4, 0.5) is 13.2 Å². The first kappa shape index (κ1) is 22.5. The minimum Gasteiger partial charge on any atom is -0.335 e. The van der Waals surface area contributed by atoms with Crippen LogP contribution >= 0.6 is 11.3 Å². The van der Waals surface area contributed by atoms with Crippen LogP contribution < -0.4 is 0 Å². The molecule has 12 heteroatoms. The van der Waals surface area contributed by atoms with Crippen LogP contribution in [0.5, 0.6) is 0 Å². The first-order valence-electron chi connectivity index (χ1n) is 10.8. The number of alkyl halides is 3. The van der Waals surface area contributed by atoms with Gasteiger partial charge in [0.1, 0.15) is 0 Å². The van der Waals surface area contributed by atoms with Crippen LogP contribution in [-0.4, -0.2) is 86.6 Å². The molecule has 0 spiro atoms. The van der Waals surface area contributed by atoms with Crippen molar-refractivity contribution in [1.82, 2.24) is 29.5 Å². The molecular formula is C22H21F3N6O2S. The number of benzene rings is 1. The molecule has 2 aromatic heterocycles. The van der Waals surface area contributed by atoms with Crippen molar-refractivity contribution in [2.75, 3.05) is 39.3 Å². The van der Waals surface area contributed by atoms with E-state index in [1.807, 2.05) is 0 Å². The average Bonchev–Trinajstić information content (AvgIpc) is 3.49. The molecule has 34 heavy (non-hydrogen) atoms. The van der Waals surface area contributed by atoms with E-state index in [0.717, 1.165) is 10.9 Å². The molecule has 0 atom stereocenters. The van der Waals surface area contributed by atoms with Gasteiger partial charge in [0, 0.05) is 56.9 Å². The molecule has 0 unspecified atom stereocenters. The Hall–Kier alpha value is -3.25. The number of hydrogen-bond donors (Lipinski definition) is 0. The third-order valence-corrected chi connectivity index (χ3v) is 6.91. The van der Waals surface area contributed by atoms with Gasteiger partial charge in [0.25, 0.3) is 11.8 Å². The predicted octanol–water partition coefficient (Wildman–Crippen LogP) is 2.63. The molecule has 0 radical (unpaired) electrons. The Balaban J connectivity index is 1.22. The highest BCUT2D eigenvalue weighted by molar-refractivity contribution is 7.11. The zero-order valence-corrected chi connectivity index (χ0v) is 18.8. The number of hydrogen-bond acceptors (Lipinski definition) is 6. The third kappa shape index (κ3) is 4.18. The second kappa shape index (κ2) is 8.84. The Morgan fingerprint density at radius 1 is 0.971 bits per heavy atom. The summed E-state index contributed by atoms with van der Waals surface area (Å²) in [6.07, 6.45) is -2.14. The van der Waals surface area contributed by atoms with Crippen molar-refractivity contribution < 1.29 is 22.8 Å². The van der Waals surface area contributed by atoms with Gasteiger partial charge >= 0.3 is 6.18 Å². The smallest absolute Gasteiger partial charge is 0.335 e. The van der Waals surface area contributed by atoms with Gasteiger partial charge in [-0.3, -0.25) is 14.5 Å². The molecule has 0 saturated carbocycles. The van der Waals surface area contributed by atoms with E-state index in [2.05, 4.69) is 15.0 Å². The molecule has 0 aliphatic carbocycles. The number of amides is 2. The summed E-state index contributed by atoms with van der Waals surface area (Å²) in [7, 11) is 0. The number of rotatable bonds is 4. The molecule has 2 fully saturated rings. The van der Waals surface area contributed by atoms with E-state index in [0.29, 0.717) is 44.3 Å². The number of para-hydroxylation sites is 1. The molecule has 0 bridgehead atoms. The maximum absolute atomic E-state index is 13.9. The van der Waals surface area contributed by atoms with Gasteiger partial charge in [-0.15, -0.1) is 11.3 Å². The molecule has 5 rings (SSSR count). The van der Waals surface area contributed by atoms with E-state index in [1.165, 1.54) is 28.4 Å². The molecule has 2 saturated heterocycles. The van der Waals surface area contributed by atoms with Crippen LogP contribution in [0.1, 0.15) is 25.9 Å². The van der Waals surface area contributed by atoms with Gasteiger partial charge < -0.3 is 9.80 Å². The number of carbonyl (C=O) groups excluding carboxylic acids is 2. The second-order valence-corrected chi connectivity index (χ2v) is 9.08. The fraction of sp³-hybridized carbons (Fsp3) is 0.364. The van der Waals surface area contributed by atoms with Gasteiger partial charge in [0.15, 0.2) is 10.7 Å². The van der Waals surface area contributed by atoms with E-state index in [-0.39, 0.29) is 17.6 Å². The van der Waals surface area contributed by atoms with Crippen molar-refractivity contribution in [3.05, 3.63) is 64.4 Å². The zero-order chi connectivity index (χ0) is 23.9. The van der Waals surface area contributed by atoms with Crippen molar-refractivity contribution in [3.8, 4) is 5.69 Å². The van der Waals surface area contributed by atoms with Gasteiger partial charge in [-0.1, -0.05) is 18.2 Å². The maximum atomic E-state index is 13.9. The van der Waals surface area contributed by atoms with Crippen molar-refractivity contribution in [3.63, 3.8) is 0 Å². The van der Waals surface area contributed by atoms with Crippen LogP contribution in [0.15, 0.2) is 48.1 Å². The predicted molar refractivity (Wildman–Crippen MR) is 118 cm³/mol. The summed E-state index contributed by atoms with van der Waals surface area (Å²) < 4.78 is 42.4. The number of carbonyl (C=O) groups is 2. The monoisotopic (exact) mass is 490 g/mol. The van der Waals surface area contributed by atoms with Crippen LogP contribution in [0.3, 0.4) is 0 Å². The molecule has 0 N–H and O–H groups in total. The molecule has 3 aromatic rings. The largest absolute Gasteiger partial charge is 0.434 e. The second-order valence-electron chi connectivity index (χ2n) is 8.18. The molecular weight excluding hydrogens is 469 g/mol. The van der Waals surface area contributed by atoms with E-state index < -0.39 is 23.3 Å². The third-order valence-electron chi connectivity index (χ3n) is 6.15. The van der Waals surface area contributed by atoms with Crippen LogP contribution in [-0.2, 0) is 6.18 Å². The van der Waals surface area contributed by atoms with Crippen molar-refractivity contribution in [2.24, 2.45) is 0 Å². The Morgan fingerprint density at radius 2 is 1.68 bits per heavy atom. The number of thiazole rings is 1. The SMILES string of the molecule is O=C(c1nccs1)N1CCN(C2CN(C(=O)c3cnn(-c4ccccc4)c3C(F)(F)F)C2)CC1. The lowest BCUT2D eigenvalue weighted by Crippen LogP contribution is -2.64. The summed E-state index contributed by atoms with van der Waals surface area (Å²) in [5, 5.41) is 6.09. The summed E-state index contributed by atoms with van der Waals surface area (Å²) in [4.78, 5) is 34.8. The minimum absolute atomic E-state index is 0.0552. The van der Waals surface area contributed by atoms with E-state index >= 15 is 0 Å². The molecule has 2 amide bonds. The standard InChI is InChI=1S/C22H21F3N6O2S/c23-22(24,25)18-17(12-27-31(18)15-4-2-1-3-5-15)20(32)30-13-16(14-30)28-7-9-29(10-8-28)21(33)19-26-6-11-34-19/h1-6,11-12,16H,7-10,13-14H2. The maximum Gasteiger partial charge on any atom is 0.434 e. The first-order valence-corrected chi connectivity index (χ1v) is 11.6. The van der Waals surface area contributed by atoms with E-state index in [1.54, 1.807) is 34.7 Å². The minimum atomic E-state index is -4.73. The van der Waals surface area contributed by atoms with Gasteiger partial charge in [-0.25, -0.2) is 9.67 Å². The number of aromatic nitrogens is 3. The highest BCUT2D eigenvalue weighted by Crippen LogP contribution is 2.35. The summed E-state index contributed by atoms with van der Waals surface area (Å²) in [5.41, 5.74) is -1.28. The van der Waals surface area contributed by atoms with Gasteiger partial charge in [0.05, 0.1) is 17.4 Å². The summed E-state index contributed by atoms with van der Waals surface area (Å²) in [6, 6.07) is 8.00. The van der Waals surface area contributed by atoms with Crippen molar-refractivity contribution in [1.29, 1.82) is 0 Å². The lowest BCUT2D eigenvalue weighted by molar-refractivity contribution is -0.143. The fourth-order valence-corrected chi connectivity index (χ4v) is 4.92. The van der Waals surface area contributed by atoms with Crippen LogP contribution in [0.25, 0.3) is 5.69 Å². The quantitative estimate of drug-likeness (QED) is 0.562. The fourth-order valence-electron chi connectivity index (χ4n) is 4.32. The summed E-state index contributed by atoms with van der Waals surface area (Å²) >= 11 is 1.30. The molecule has 1 aromatic carbocycles. The summed E-state index contributed by atoms with van der Waals surface area (Å²) in [5.74, 6) is -0.765. The van der Waals surface area contributed by atoms with Gasteiger partial charge in [-0.05, 0) is 12.1 Å². The lowest BCUT2D eigenvalue weighted by Gasteiger charge is -2.48. The molecule has 8 nitrogen and oxygen atoms in total. The Bertz CT molecular complexity index is 1170. The number of nitrogens with zero attached hydrogens (tertiary/aromatic N) is 6. The topological polar surface area (TPSA) is 74.6 Å². The van der Waals surface area contributed by atoms with Crippen molar-refractivity contribution >= 4 is 23.2 Å². The Morgan fingerprint density at radius 3 is 2.29 bits per heavy atom. The lowest BCUT2D eigenvalue weighted by atomic mass is 10.0. The Kier molecular flexibility index (Phi) is 5.86. The van der Waals surface area contributed by atoms with Gasteiger partial charge in [-0.2, -0.15) is 18.3 Å². The zero-order valence-electron chi connectivity index (χ0n) is 18.0. The molecule has 2 aliphatic heterocycles. The van der Waals surface area contributed by atoms with E-state index in [9.17, 15) is 22.8 Å². The normalized spacial score (nSPS) is 17.6. The molecule has 2 aliphatic rings.